The molecule has 104 valence electrons. The maximum absolute atomic E-state index is 13.1. The lowest BCUT2D eigenvalue weighted by Gasteiger charge is -2.08. The van der Waals surface area contributed by atoms with Crippen LogP contribution in [0, 0.1) is 11.6 Å². The maximum atomic E-state index is 13.1. The van der Waals surface area contributed by atoms with Gasteiger partial charge in [0, 0.05) is 18.7 Å². The summed E-state index contributed by atoms with van der Waals surface area (Å²) in [6.07, 6.45) is -3.09. The van der Waals surface area contributed by atoms with E-state index >= 15 is 0 Å². The number of imidazole rings is 1. The number of halogens is 5. The van der Waals surface area contributed by atoms with Crippen LogP contribution in [0.5, 0.6) is 0 Å². The van der Waals surface area contributed by atoms with Crippen LogP contribution in [0.4, 0.5) is 22.0 Å². The highest BCUT2D eigenvalue weighted by atomic mass is 19.4. The Balaban J connectivity index is 2.03. The summed E-state index contributed by atoms with van der Waals surface area (Å²) in [4.78, 5) is 3.83. The number of rotatable bonds is 4. The molecule has 0 atom stereocenters. The van der Waals surface area contributed by atoms with E-state index in [0.717, 1.165) is 12.1 Å². The van der Waals surface area contributed by atoms with Crippen molar-refractivity contribution in [1.82, 2.24) is 9.55 Å². The largest absolute Gasteiger partial charge is 0.411 e. The Morgan fingerprint density at radius 3 is 2.53 bits per heavy atom. The SMILES string of the molecule is Fc1cc2ncn(CCOCC(F)(F)F)c2cc1F. The third-order valence-corrected chi connectivity index (χ3v) is 2.41. The quantitative estimate of drug-likeness (QED) is 0.636. The first-order valence-corrected chi connectivity index (χ1v) is 5.31. The normalized spacial score (nSPS) is 12.3. The summed E-state index contributed by atoms with van der Waals surface area (Å²) in [5.41, 5.74) is 0.532. The molecule has 0 aliphatic rings. The zero-order valence-electron chi connectivity index (χ0n) is 9.55. The number of hydrogen-bond acceptors (Lipinski definition) is 2. The van der Waals surface area contributed by atoms with Crippen LogP contribution in [0.15, 0.2) is 18.5 Å². The number of ether oxygens (including phenoxy) is 1. The Morgan fingerprint density at radius 1 is 1.16 bits per heavy atom. The van der Waals surface area contributed by atoms with E-state index in [4.69, 9.17) is 0 Å². The second kappa shape index (κ2) is 5.12. The minimum Gasteiger partial charge on any atom is -0.370 e. The summed E-state index contributed by atoms with van der Waals surface area (Å²) in [7, 11) is 0. The van der Waals surface area contributed by atoms with E-state index in [-0.39, 0.29) is 18.7 Å². The van der Waals surface area contributed by atoms with Gasteiger partial charge in [-0.2, -0.15) is 13.2 Å². The van der Waals surface area contributed by atoms with E-state index in [1.165, 1.54) is 10.9 Å². The summed E-state index contributed by atoms with van der Waals surface area (Å²) in [5, 5.41) is 0. The third-order valence-electron chi connectivity index (χ3n) is 2.41. The number of nitrogens with zero attached hydrogens (tertiary/aromatic N) is 2. The smallest absolute Gasteiger partial charge is 0.370 e. The van der Waals surface area contributed by atoms with Crippen molar-refractivity contribution in [2.24, 2.45) is 0 Å². The van der Waals surface area contributed by atoms with Crippen molar-refractivity contribution in [1.29, 1.82) is 0 Å². The second-order valence-corrected chi connectivity index (χ2v) is 3.86. The van der Waals surface area contributed by atoms with Gasteiger partial charge in [-0.15, -0.1) is 0 Å². The fourth-order valence-electron chi connectivity index (χ4n) is 1.58. The molecule has 0 fully saturated rings. The van der Waals surface area contributed by atoms with Crippen molar-refractivity contribution in [3.63, 3.8) is 0 Å². The van der Waals surface area contributed by atoms with E-state index in [1.807, 2.05) is 0 Å². The fourth-order valence-corrected chi connectivity index (χ4v) is 1.58. The van der Waals surface area contributed by atoms with Crippen molar-refractivity contribution in [3.8, 4) is 0 Å². The standard InChI is InChI=1S/C11H9F5N2O/c12-7-3-9-10(4-8(7)13)18(6-17-9)1-2-19-5-11(14,15)16/h3-4,6H,1-2,5H2. The molecule has 19 heavy (non-hydrogen) atoms. The molecule has 0 amide bonds. The fraction of sp³-hybridized carbons (Fsp3) is 0.364. The van der Waals surface area contributed by atoms with Crippen LogP contribution in [0.1, 0.15) is 0 Å². The molecule has 3 nitrogen and oxygen atoms in total. The molecule has 0 spiro atoms. The van der Waals surface area contributed by atoms with Gasteiger partial charge in [0.25, 0.3) is 0 Å². The highest BCUT2D eigenvalue weighted by Gasteiger charge is 2.27. The molecule has 0 radical (unpaired) electrons. The van der Waals surface area contributed by atoms with Crippen LogP contribution in [0.25, 0.3) is 11.0 Å². The molecule has 0 aliphatic carbocycles. The van der Waals surface area contributed by atoms with E-state index in [2.05, 4.69) is 9.72 Å². The number of alkyl halides is 3. The topological polar surface area (TPSA) is 27.1 Å². The lowest BCUT2D eigenvalue weighted by molar-refractivity contribution is -0.174. The van der Waals surface area contributed by atoms with E-state index in [0.29, 0.717) is 5.52 Å². The minimum atomic E-state index is -4.38. The van der Waals surface area contributed by atoms with Gasteiger partial charge in [0.1, 0.15) is 6.61 Å². The molecule has 0 saturated heterocycles. The van der Waals surface area contributed by atoms with E-state index in [1.54, 1.807) is 0 Å². The molecule has 2 rings (SSSR count). The highest BCUT2D eigenvalue weighted by molar-refractivity contribution is 5.75. The van der Waals surface area contributed by atoms with Crippen molar-refractivity contribution < 1.29 is 26.7 Å². The average molecular weight is 280 g/mol. The first-order chi connectivity index (χ1) is 8.87. The van der Waals surface area contributed by atoms with Gasteiger partial charge >= 0.3 is 6.18 Å². The zero-order chi connectivity index (χ0) is 14.0. The molecule has 0 unspecified atom stereocenters. The molecule has 0 aliphatic heterocycles. The predicted octanol–water partition coefficient (Wildman–Crippen LogP) is 2.89. The van der Waals surface area contributed by atoms with E-state index < -0.39 is 24.4 Å². The number of aromatic nitrogens is 2. The van der Waals surface area contributed by atoms with Crippen LogP contribution >= 0.6 is 0 Å². The molecule has 1 aromatic heterocycles. The zero-order valence-corrected chi connectivity index (χ0v) is 9.55. The molecule has 1 heterocycles. The Labute approximate surface area is 104 Å². The monoisotopic (exact) mass is 280 g/mol. The van der Waals surface area contributed by atoms with Crippen LogP contribution < -0.4 is 0 Å². The lowest BCUT2D eigenvalue weighted by Crippen LogP contribution is -2.18. The Hall–Kier alpha value is -1.70. The number of hydrogen-bond donors (Lipinski definition) is 0. The first-order valence-electron chi connectivity index (χ1n) is 5.31. The predicted molar refractivity (Wildman–Crippen MR) is 56.5 cm³/mol. The van der Waals surface area contributed by atoms with E-state index in [9.17, 15) is 22.0 Å². The molecular formula is C11H9F5N2O. The molecule has 0 N–H and O–H groups in total. The van der Waals surface area contributed by atoms with Crippen molar-refractivity contribution in [2.75, 3.05) is 13.2 Å². The summed E-state index contributed by atoms with van der Waals surface area (Å²) in [6.45, 7) is -1.48. The van der Waals surface area contributed by atoms with Crippen LogP contribution in [0.3, 0.4) is 0 Å². The van der Waals surface area contributed by atoms with Crippen LogP contribution in [-0.4, -0.2) is 28.9 Å². The van der Waals surface area contributed by atoms with Crippen molar-refractivity contribution >= 4 is 11.0 Å². The van der Waals surface area contributed by atoms with Crippen molar-refractivity contribution in [2.45, 2.75) is 12.7 Å². The average Bonchev–Trinajstić information content (AvgIpc) is 2.67. The molecule has 0 saturated carbocycles. The first kappa shape index (κ1) is 13.7. The number of benzene rings is 1. The maximum Gasteiger partial charge on any atom is 0.411 e. The van der Waals surface area contributed by atoms with Gasteiger partial charge in [0.05, 0.1) is 24.0 Å². The summed E-state index contributed by atoms with van der Waals surface area (Å²) < 4.78 is 67.3. The molecule has 0 bridgehead atoms. The van der Waals surface area contributed by atoms with Gasteiger partial charge in [0.15, 0.2) is 11.6 Å². The van der Waals surface area contributed by atoms with Gasteiger partial charge in [-0.05, 0) is 0 Å². The second-order valence-electron chi connectivity index (χ2n) is 3.86. The van der Waals surface area contributed by atoms with Crippen molar-refractivity contribution in [3.05, 3.63) is 30.1 Å². The number of fused-ring (bicyclic) bond motifs is 1. The Kier molecular flexibility index (Phi) is 3.70. The molecular weight excluding hydrogens is 271 g/mol. The molecule has 2 aromatic rings. The third kappa shape index (κ3) is 3.40. The van der Waals surface area contributed by atoms with Crippen LogP contribution in [-0.2, 0) is 11.3 Å². The Morgan fingerprint density at radius 2 is 1.84 bits per heavy atom. The van der Waals surface area contributed by atoms with Gasteiger partial charge in [0.2, 0.25) is 0 Å². The Bertz CT molecular complexity index is 578. The minimum absolute atomic E-state index is 0.0671. The van der Waals surface area contributed by atoms with Gasteiger partial charge in [-0.25, -0.2) is 13.8 Å². The summed E-state index contributed by atoms with van der Waals surface area (Å²) in [5.74, 6) is -2.06. The van der Waals surface area contributed by atoms with Crippen LogP contribution in [0.2, 0.25) is 0 Å². The molecule has 1 aromatic carbocycles. The van der Waals surface area contributed by atoms with Gasteiger partial charge in [-0.1, -0.05) is 0 Å². The summed E-state index contributed by atoms with van der Waals surface area (Å²) >= 11 is 0. The highest BCUT2D eigenvalue weighted by Crippen LogP contribution is 2.18. The molecule has 8 heteroatoms. The van der Waals surface area contributed by atoms with Gasteiger partial charge in [-0.3, -0.25) is 0 Å². The van der Waals surface area contributed by atoms with Gasteiger partial charge < -0.3 is 9.30 Å². The summed E-state index contributed by atoms with van der Waals surface area (Å²) in [6, 6.07) is 1.87. The lowest BCUT2D eigenvalue weighted by atomic mass is 10.3.